The van der Waals surface area contributed by atoms with Crippen molar-refractivity contribution in [3.63, 3.8) is 0 Å². The van der Waals surface area contributed by atoms with Gasteiger partial charge < -0.3 is 15.4 Å². The summed E-state index contributed by atoms with van der Waals surface area (Å²) in [6.45, 7) is 11.7. The molecule has 2 saturated heterocycles. The van der Waals surface area contributed by atoms with Crippen LogP contribution in [0.25, 0.3) is 0 Å². The van der Waals surface area contributed by atoms with Gasteiger partial charge in [0.1, 0.15) is 0 Å². The molecule has 2 aliphatic heterocycles. The van der Waals surface area contributed by atoms with Crippen LogP contribution in [0.5, 0.6) is 0 Å². The summed E-state index contributed by atoms with van der Waals surface area (Å²) in [4.78, 5) is 5.06. The number of piperazine rings is 1. The van der Waals surface area contributed by atoms with E-state index in [9.17, 15) is 0 Å². The second-order valence-corrected chi connectivity index (χ2v) is 6.74. The third-order valence-electron chi connectivity index (χ3n) is 4.83. The molecule has 2 N–H and O–H groups in total. The molecule has 0 bridgehead atoms. The van der Waals surface area contributed by atoms with Gasteiger partial charge in [0.25, 0.3) is 0 Å². The largest absolute Gasteiger partial charge is 0.375 e. The smallest absolute Gasteiger partial charge is 0.0644 e. The Kier molecular flexibility index (Phi) is 4.02. The van der Waals surface area contributed by atoms with E-state index < -0.39 is 0 Å². The van der Waals surface area contributed by atoms with Gasteiger partial charge in [0.05, 0.1) is 5.60 Å². The fraction of sp³-hybridized carbons (Fsp3) is 1.00. The van der Waals surface area contributed by atoms with E-state index in [4.69, 9.17) is 10.5 Å². The molecule has 4 heteroatoms. The van der Waals surface area contributed by atoms with E-state index in [-0.39, 0.29) is 11.1 Å². The fourth-order valence-electron chi connectivity index (χ4n) is 3.50. The Bertz CT molecular complexity index is 295. The lowest BCUT2D eigenvalue weighted by Gasteiger charge is -2.54. The summed E-state index contributed by atoms with van der Waals surface area (Å²) in [6.07, 6.45) is 2.12. The maximum Gasteiger partial charge on any atom is 0.0644 e. The van der Waals surface area contributed by atoms with Crippen molar-refractivity contribution in [3.8, 4) is 0 Å². The van der Waals surface area contributed by atoms with Crippen LogP contribution in [0.4, 0.5) is 0 Å². The highest BCUT2D eigenvalue weighted by atomic mass is 16.5. The van der Waals surface area contributed by atoms with E-state index in [1.807, 2.05) is 0 Å². The van der Waals surface area contributed by atoms with Gasteiger partial charge in [-0.05, 0) is 40.7 Å². The molecule has 18 heavy (non-hydrogen) atoms. The molecule has 0 aromatic rings. The van der Waals surface area contributed by atoms with Gasteiger partial charge in [0.2, 0.25) is 0 Å². The van der Waals surface area contributed by atoms with Gasteiger partial charge in [-0.3, -0.25) is 4.90 Å². The third kappa shape index (κ3) is 2.72. The molecule has 2 fully saturated rings. The molecule has 0 amide bonds. The van der Waals surface area contributed by atoms with Crippen LogP contribution in [0.1, 0.15) is 33.6 Å². The number of hydrogen-bond donors (Lipinski definition) is 1. The average molecular weight is 255 g/mol. The number of nitrogens with two attached hydrogens (primary N) is 1. The standard InChI is InChI=1S/C14H29N3O/c1-12-9-17(7-6-16(12)4)14(11-15)5-8-18-13(2,3)10-14/h12H,5-11,15H2,1-4H3. The summed E-state index contributed by atoms with van der Waals surface area (Å²) in [5, 5.41) is 0. The Morgan fingerprint density at radius 3 is 2.61 bits per heavy atom. The van der Waals surface area contributed by atoms with Crippen LogP contribution in [-0.4, -0.2) is 66.8 Å². The number of likely N-dealkylation sites (N-methyl/N-ethyl adjacent to an activating group) is 1. The minimum absolute atomic E-state index is 0.0375. The summed E-state index contributed by atoms with van der Waals surface area (Å²) in [5.41, 5.74) is 6.27. The van der Waals surface area contributed by atoms with E-state index >= 15 is 0 Å². The molecule has 0 radical (unpaired) electrons. The maximum absolute atomic E-state index is 6.16. The van der Waals surface area contributed by atoms with Crippen LogP contribution in [0.2, 0.25) is 0 Å². The minimum atomic E-state index is -0.0375. The monoisotopic (exact) mass is 255 g/mol. The molecule has 2 aliphatic rings. The lowest BCUT2D eigenvalue weighted by atomic mass is 9.79. The highest BCUT2D eigenvalue weighted by Crippen LogP contribution is 2.36. The molecule has 2 unspecified atom stereocenters. The number of rotatable bonds is 2. The maximum atomic E-state index is 6.16. The van der Waals surface area contributed by atoms with Crippen molar-refractivity contribution in [2.75, 3.05) is 39.8 Å². The second kappa shape index (κ2) is 5.08. The first-order valence-corrected chi connectivity index (χ1v) is 7.18. The Balaban J connectivity index is 2.12. The van der Waals surface area contributed by atoms with Gasteiger partial charge in [0, 0.05) is 44.4 Å². The van der Waals surface area contributed by atoms with Crippen LogP contribution >= 0.6 is 0 Å². The lowest BCUT2D eigenvalue weighted by molar-refractivity contribution is -0.127. The molecule has 0 aromatic carbocycles. The molecule has 0 aliphatic carbocycles. The summed E-state index contributed by atoms with van der Waals surface area (Å²) < 4.78 is 5.87. The van der Waals surface area contributed by atoms with Crippen LogP contribution in [0.3, 0.4) is 0 Å². The normalized spacial score (nSPS) is 38.8. The molecule has 0 aromatic heterocycles. The predicted molar refractivity (Wildman–Crippen MR) is 74.7 cm³/mol. The molecular formula is C14H29N3O. The van der Waals surface area contributed by atoms with Crippen LogP contribution in [0.15, 0.2) is 0 Å². The van der Waals surface area contributed by atoms with Crippen molar-refractivity contribution >= 4 is 0 Å². The van der Waals surface area contributed by atoms with Crippen molar-refractivity contribution in [2.24, 2.45) is 5.73 Å². The highest BCUT2D eigenvalue weighted by molar-refractivity contribution is 5.01. The summed E-state index contributed by atoms with van der Waals surface area (Å²) >= 11 is 0. The zero-order chi connectivity index (χ0) is 13.4. The molecular weight excluding hydrogens is 226 g/mol. The van der Waals surface area contributed by atoms with Gasteiger partial charge in [-0.15, -0.1) is 0 Å². The average Bonchev–Trinajstić information content (AvgIpc) is 2.31. The minimum Gasteiger partial charge on any atom is -0.375 e. The second-order valence-electron chi connectivity index (χ2n) is 6.74. The quantitative estimate of drug-likeness (QED) is 0.796. The van der Waals surface area contributed by atoms with E-state index in [0.717, 1.165) is 45.6 Å². The molecule has 106 valence electrons. The van der Waals surface area contributed by atoms with E-state index in [1.165, 1.54) is 0 Å². The SMILES string of the molecule is CC1CN(C2(CN)CCOC(C)(C)C2)CCN1C. The first kappa shape index (κ1) is 14.3. The van der Waals surface area contributed by atoms with Crippen LogP contribution < -0.4 is 5.73 Å². The Morgan fingerprint density at radius 2 is 2.06 bits per heavy atom. The Hall–Kier alpha value is -0.160. The molecule has 2 heterocycles. The zero-order valence-corrected chi connectivity index (χ0v) is 12.4. The Morgan fingerprint density at radius 1 is 1.33 bits per heavy atom. The van der Waals surface area contributed by atoms with Crippen molar-refractivity contribution in [3.05, 3.63) is 0 Å². The summed E-state index contributed by atoms with van der Waals surface area (Å²) in [5.74, 6) is 0. The Labute approximate surface area is 111 Å². The lowest BCUT2D eigenvalue weighted by Crippen LogP contribution is -2.65. The topological polar surface area (TPSA) is 41.7 Å². The van der Waals surface area contributed by atoms with Gasteiger partial charge in [0.15, 0.2) is 0 Å². The van der Waals surface area contributed by atoms with Crippen molar-refractivity contribution < 1.29 is 4.74 Å². The first-order chi connectivity index (χ1) is 8.38. The van der Waals surface area contributed by atoms with Gasteiger partial charge in [-0.2, -0.15) is 0 Å². The van der Waals surface area contributed by atoms with Crippen LogP contribution in [0, 0.1) is 0 Å². The molecule has 2 rings (SSSR count). The molecule has 0 spiro atoms. The first-order valence-electron chi connectivity index (χ1n) is 7.18. The van der Waals surface area contributed by atoms with E-state index in [2.05, 4.69) is 37.6 Å². The molecule has 4 nitrogen and oxygen atoms in total. The van der Waals surface area contributed by atoms with Gasteiger partial charge >= 0.3 is 0 Å². The van der Waals surface area contributed by atoms with Crippen LogP contribution in [-0.2, 0) is 4.74 Å². The summed E-state index contributed by atoms with van der Waals surface area (Å²) in [7, 11) is 2.21. The van der Waals surface area contributed by atoms with Crippen molar-refractivity contribution in [1.29, 1.82) is 0 Å². The molecule has 2 atom stereocenters. The van der Waals surface area contributed by atoms with Gasteiger partial charge in [-0.25, -0.2) is 0 Å². The third-order valence-corrected chi connectivity index (χ3v) is 4.83. The molecule has 0 saturated carbocycles. The van der Waals surface area contributed by atoms with E-state index in [0.29, 0.717) is 6.04 Å². The number of ether oxygens (including phenoxy) is 1. The van der Waals surface area contributed by atoms with Gasteiger partial charge in [-0.1, -0.05) is 0 Å². The fourth-order valence-corrected chi connectivity index (χ4v) is 3.50. The summed E-state index contributed by atoms with van der Waals surface area (Å²) in [6, 6.07) is 0.619. The predicted octanol–water partition coefficient (Wildman–Crippen LogP) is 0.909. The van der Waals surface area contributed by atoms with Crippen molar-refractivity contribution in [1.82, 2.24) is 9.80 Å². The highest BCUT2D eigenvalue weighted by Gasteiger charge is 2.45. The number of nitrogens with zero attached hydrogens (tertiary/aromatic N) is 2. The van der Waals surface area contributed by atoms with E-state index in [1.54, 1.807) is 0 Å². The van der Waals surface area contributed by atoms with Crippen molar-refractivity contribution in [2.45, 2.75) is 50.8 Å². The zero-order valence-electron chi connectivity index (χ0n) is 12.4. The number of hydrogen-bond acceptors (Lipinski definition) is 4.